The standard InChI is InChI=1S/C19H24N2O3/c1-19(2)11-9-15(13-5-3-4-6-14(13)19)20-16(22)10-12-21-17(23)7-8-18(21)24/h3-6,15H,7-12H2,1-2H3,(H,20,22). The number of benzene rings is 1. The van der Waals surface area contributed by atoms with Gasteiger partial charge in [-0.3, -0.25) is 19.3 Å². The Morgan fingerprint density at radius 2 is 1.88 bits per heavy atom. The lowest BCUT2D eigenvalue weighted by Crippen LogP contribution is -2.38. The van der Waals surface area contributed by atoms with Crippen LogP contribution < -0.4 is 5.32 Å². The van der Waals surface area contributed by atoms with Crippen molar-refractivity contribution in [3.05, 3.63) is 35.4 Å². The number of nitrogens with one attached hydrogen (secondary N) is 1. The van der Waals surface area contributed by atoms with Crippen LogP contribution in [-0.2, 0) is 19.8 Å². The number of fused-ring (bicyclic) bond motifs is 1. The van der Waals surface area contributed by atoms with Gasteiger partial charge in [-0.1, -0.05) is 38.1 Å². The van der Waals surface area contributed by atoms with Crippen LogP contribution in [0.15, 0.2) is 24.3 Å². The molecule has 1 unspecified atom stereocenters. The maximum Gasteiger partial charge on any atom is 0.229 e. The molecule has 1 fully saturated rings. The predicted molar refractivity (Wildman–Crippen MR) is 90.2 cm³/mol. The van der Waals surface area contributed by atoms with Crippen LogP contribution in [0.4, 0.5) is 0 Å². The zero-order chi connectivity index (χ0) is 17.3. The lowest BCUT2D eigenvalue weighted by Gasteiger charge is -2.37. The summed E-state index contributed by atoms with van der Waals surface area (Å²) in [7, 11) is 0. The van der Waals surface area contributed by atoms with Crippen molar-refractivity contribution in [3.8, 4) is 0 Å². The summed E-state index contributed by atoms with van der Waals surface area (Å²) in [6.45, 7) is 4.65. The van der Waals surface area contributed by atoms with Crippen LogP contribution >= 0.6 is 0 Å². The minimum absolute atomic E-state index is 0.00621. The predicted octanol–water partition coefficient (Wildman–Crippen LogP) is 2.45. The molecule has 1 aliphatic heterocycles. The molecule has 0 saturated carbocycles. The molecule has 0 spiro atoms. The van der Waals surface area contributed by atoms with E-state index in [1.807, 2.05) is 12.1 Å². The van der Waals surface area contributed by atoms with E-state index in [1.54, 1.807) is 0 Å². The van der Waals surface area contributed by atoms with Gasteiger partial charge in [0, 0.05) is 25.8 Å². The fraction of sp³-hybridized carbons (Fsp3) is 0.526. The van der Waals surface area contributed by atoms with Crippen LogP contribution in [0.2, 0.25) is 0 Å². The van der Waals surface area contributed by atoms with Crippen LogP contribution in [0.5, 0.6) is 0 Å². The van der Waals surface area contributed by atoms with Gasteiger partial charge < -0.3 is 5.32 Å². The van der Waals surface area contributed by atoms with E-state index in [1.165, 1.54) is 16.0 Å². The molecule has 1 heterocycles. The molecule has 1 aromatic carbocycles. The molecule has 128 valence electrons. The van der Waals surface area contributed by atoms with E-state index in [0.29, 0.717) is 0 Å². The summed E-state index contributed by atoms with van der Waals surface area (Å²) < 4.78 is 0. The Morgan fingerprint density at radius 1 is 1.21 bits per heavy atom. The minimum atomic E-state index is -0.169. The van der Waals surface area contributed by atoms with Gasteiger partial charge in [-0.05, 0) is 29.4 Å². The highest BCUT2D eigenvalue weighted by Gasteiger charge is 2.33. The van der Waals surface area contributed by atoms with Crippen molar-refractivity contribution in [1.82, 2.24) is 10.2 Å². The molecule has 0 bridgehead atoms. The summed E-state index contributed by atoms with van der Waals surface area (Å²) in [6.07, 6.45) is 2.62. The Bertz CT molecular complexity index is 665. The summed E-state index contributed by atoms with van der Waals surface area (Å²) in [4.78, 5) is 36.7. The first-order chi connectivity index (χ1) is 11.4. The van der Waals surface area contributed by atoms with Gasteiger partial charge in [-0.15, -0.1) is 0 Å². The third-order valence-corrected chi connectivity index (χ3v) is 5.18. The van der Waals surface area contributed by atoms with Crippen molar-refractivity contribution in [1.29, 1.82) is 0 Å². The summed E-state index contributed by atoms with van der Waals surface area (Å²) >= 11 is 0. The first-order valence-electron chi connectivity index (χ1n) is 8.60. The second kappa shape index (κ2) is 6.38. The van der Waals surface area contributed by atoms with Gasteiger partial charge in [-0.2, -0.15) is 0 Å². The Kier molecular flexibility index (Phi) is 4.43. The van der Waals surface area contributed by atoms with E-state index in [9.17, 15) is 14.4 Å². The zero-order valence-corrected chi connectivity index (χ0v) is 14.3. The Labute approximate surface area is 142 Å². The first kappa shape index (κ1) is 16.7. The molecule has 1 aliphatic carbocycles. The number of carbonyl (C=O) groups excluding carboxylic acids is 3. The highest BCUT2D eigenvalue weighted by molar-refractivity contribution is 6.02. The zero-order valence-electron chi connectivity index (χ0n) is 14.3. The van der Waals surface area contributed by atoms with Crippen LogP contribution in [0, 0.1) is 0 Å². The number of amides is 3. The van der Waals surface area contributed by atoms with Gasteiger partial charge in [-0.25, -0.2) is 0 Å². The molecule has 24 heavy (non-hydrogen) atoms. The Morgan fingerprint density at radius 3 is 2.58 bits per heavy atom. The molecule has 5 heteroatoms. The smallest absolute Gasteiger partial charge is 0.229 e. The van der Waals surface area contributed by atoms with Crippen LogP contribution in [-0.4, -0.2) is 29.2 Å². The Balaban J connectivity index is 1.63. The van der Waals surface area contributed by atoms with Crippen LogP contribution in [0.25, 0.3) is 0 Å². The summed E-state index contributed by atoms with van der Waals surface area (Å²) in [5.74, 6) is -0.447. The number of carbonyl (C=O) groups is 3. The summed E-state index contributed by atoms with van der Waals surface area (Å²) in [5.41, 5.74) is 2.58. The summed E-state index contributed by atoms with van der Waals surface area (Å²) in [6, 6.07) is 8.26. The SMILES string of the molecule is CC1(C)CCC(NC(=O)CCN2C(=O)CCC2=O)c2ccccc21. The number of imide groups is 1. The maximum absolute atomic E-state index is 12.3. The second-order valence-corrected chi connectivity index (χ2v) is 7.32. The van der Waals surface area contributed by atoms with E-state index in [-0.39, 0.29) is 55.0 Å². The molecule has 3 rings (SSSR count). The normalized spacial score (nSPS) is 22.4. The second-order valence-electron chi connectivity index (χ2n) is 7.32. The van der Waals surface area contributed by atoms with E-state index < -0.39 is 0 Å². The van der Waals surface area contributed by atoms with Crippen molar-refractivity contribution in [2.24, 2.45) is 0 Å². The first-order valence-corrected chi connectivity index (χ1v) is 8.60. The van der Waals surface area contributed by atoms with E-state index in [0.717, 1.165) is 12.8 Å². The maximum atomic E-state index is 12.3. The highest BCUT2D eigenvalue weighted by atomic mass is 16.2. The monoisotopic (exact) mass is 328 g/mol. The lowest BCUT2D eigenvalue weighted by molar-refractivity contribution is -0.138. The number of rotatable bonds is 4. The average Bonchev–Trinajstić information content (AvgIpc) is 2.87. The van der Waals surface area contributed by atoms with Gasteiger partial charge in [0.1, 0.15) is 0 Å². The van der Waals surface area contributed by atoms with Crippen LogP contribution in [0.3, 0.4) is 0 Å². The van der Waals surface area contributed by atoms with Crippen molar-refractivity contribution in [3.63, 3.8) is 0 Å². The molecule has 0 radical (unpaired) electrons. The molecular weight excluding hydrogens is 304 g/mol. The van der Waals surface area contributed by atoms with Gasteiger partial charge in [0.05, 0.1) is 6.04 Å². The minimum Gasteiger partial charge on any atom is -0.349 e. The van der Waals surface area contributed by atoms with Crippen LogP contribution in [0.1, 0.15) is 63.1 Å². The van der Waals surface area contributed by atoms with Crippen molar-refractivity contribution in [2.75, 3.05) is 6.54 Å². The quantitative estimate of drug-likeness (QED) is 0.863. The topological polar surface area (TPSA) is 66.5 Å². The van der Waals surface area contributed by atoms with Crippen molar-refractivity contribution >= 4 is 17.7 Å². The number of likely N-dealkylation sites (tertiary alicyclic amines) is 1. The summed E-state index contributed by atoms with van der Waals surface area (Å²) in [5, 5.41) is 3.08. The molecule has 2 aliphatic rings. The number of hydrogen-bond acceptors (Lipinski definition) is 3. The molecule has 1 N–H and O–H groups in total. The largest absolute Gasteiger partial charge is 0.349 e. The number of hydrogen-bond donors (Lipinski definition) is 1. The third kappa shape index (κ3) is 3.21. The third-order valence-electron chi connectivity index (χ3n) is 5.18. The van der Waals surface area contributed by atoms with E-state index in [4.69, 9.17) is 0 Å². The van der Waals surface area contributed by atoms with Crippen molar-refractivity contribution in [2.45, 2.75) is 57.4 Å². The molecular formula is C19H24N2O3. The highest BCUT2D eigenvalue weighted by Crippen LogP contribution is 2.41. The molecule has 0 aromatic heterocycles. The lowest BCUT2D eigenvalue weighted by atomic mass is 9.71. The van der Waals surface area contributed by atoms with Gasteiger partial charge >= 0.3 is 0 Å². The molecule has 3 amide bonds. The van der Waals surface area contributed by atoms with Gasteiger partial charge in [0.2, 0.25) is 17.7 Å². The van der Waals surface area contributed by atoms with Gasteiger partial charge in [0.15, 0.2) is 0 Å². The molecule has 1 saturated heterocycles. The number of nitrogens with zero attached hydrogens (tertiary/aromatic N) is 1. The molecule has 1 aromatic rings. The van der Waals surface area contributed by atoms with Gasteiger partial charge in [0.25, 0.3) is 0 Å². The average molecular weight is 328 g/mol. The van der Waals surface area contributed by atoms with E-state index >= 15 is 0 Å². The fourth-order valence-corrected chi connectivity index (χ4v) is 3.71. The van der Waals surface area contributed by atoms with Crippen molar-refractivity contribution < 1.29 is 14.4 Å². The molecule has 1 atom stereocenters. The van der Waals surface area contributed by atoms with E-state index in [2.05, 4.69) is 31.3 Å². The Hall–Kier alpha value is -2.17. The molecule has 5 nitrogen and oxygen atoms in total. The fourth-order valence-electron chi connectivity index (χ4n) is 3.71.